The van der Waals surface area contributed by atoms with Crippen molar-refractivity contribution in [3.05, 3.63) is 23.5 Å². The Labute approximate surface area is 136 Å². The van der Waals surface area contributed by atoms with Crippen LogP contribution in [0.1, 0.15) is 45.4 Å². The lowest BCUT2D eigenvalue weighted by atomic mass is 10.1. The quantitative estimate of drug-likeness (QED) is 0.798. The van der Waals surface area contributed by atoms with Crippen molar-refractivity contribution in [3.8, 4) is 0 Å². The van der Waals surface area contributed by atoms with Gasteiger partial charge in [-0.05, 0) is 45.7 Å². The number of carbonyl (C=O) groups excluding carboxylic acids is 2. The minimum Gasteiger partial charge on any atom is -0.466 e. The molecule has 1 aliphatic heterocycles. The van der Waals surface area contributed by atoms with Crippen LogP contribution in [0, 0.1) is 0 Å². The van der Waals surface area contributed by atoms with E-state index < -0.39 is 5.60 Å². The number of nitrogens with zero attached hydrogens (tertiary/aromatic N) is 2. The van der Waals surface area contributed by atoms with Crippen molar-refractivity contribution in [1.82, 2.24) is 4.98 Å². The monoisotopic (exact) mass is 320 g/mol. The average Bonchev–Trinajstić information content (AvgIpc) is 2.88. The maximum atomic E-state index is 12.4. The van der Waals surface area contributed by atoms with Crippen LogP contribution in [0.4, 0.5) is 10.5 Å². The zero-order valence-electron chi connectivity index (χ0n) is 14.2. The Balaban J connectivity index is 2.17. The molecule has 0 fully saturated rings. The number of ether oxygens (including phenoxy) is 2. The van der Waals surface area contributed by atoms with Crippen molar-refractivity contribution in [1.29, 1.82) is 0 Å². The van der Waals surface area contributed by atoms with Gasteiger partial charge < -0.3 is 9.47 Å². The predicted octanol–water partition coefficient (Wildman–Crippen LogP) is 2.87. The van der Waals surface area contributed by atoms with Gasteiger partial charge >= 0.3 is 12.1 Å². The normalized spacial score (nSPS) is 13.7. The Morgan fingerprint density at radius 3 is 2.74 bits per heavy atom. The van der Waals surface area contributed by atoms with E-state index in [1.165, 1.54) is 0 Å². The van der Waals surface area contributed by atoms with Crippen LogP contribution in [0.3, 0.4) is 0 Å². The van der Waals surface area contributed by atoms with E-state index in [2.05, 4.69) is 4.98 Å². The van der Waals surface area contributed by atoms with E-state index in [0.717, 1.165) is 16.9 Å². The Morgan fingerprint density at radius 1 is 1.35 bits per heavy atom. The van der Waals surface area contributed by atoms with E-state index in [9.17, 15) is 9.59 Å². The fourth-order valence-electron chi connectivity index (χ4n) is 2.56. The van der Waals surface area contributed by atoms with Gasteiger partial charge in [-0.3, -0.25) is 14.7 Å². The molecule has 1 amide bonds. The van der Waals surface area contributed by atoms with Gasteiger partial charge in [0.25, 0.3) is 0 Å². The van der Waals surface area contributed by atoms with E-state index in [1.807, 2.05) is 26.8 Å². The minimum atomic E-state index is -0.548. The summed E-state index contributed by atoms with van der Waals surface area (Å²) in [6.45, 7) is 8.23. The standard InChI is InChI=1S/C17H24N2O4/c1-5-22-14(20)7-6-12-8-10-18-13-9-11-19(15(12)13)16(21)23-17(2,3)4/h8,10H,5-7,9,11H2,1-4H3. The predicted molar refractivity (Wildman–Crippen MR) is 86.5 cm³/mol. The van der Waals surface area contributed by atoms with E-state index >= 15 is 0 Å². The number of pyridine rings is 1. The molecule has 23 heavy (non-hydrogen) atoms. The molecule has 0 radical (unpaired) electrons. The van der Waals surface area contributed by atoms with Gasteiger partial charge in [-0.15, -0.1) is 0 Å². The first-order valence-electron chi connectivity index (χ1n) is 7.94. The lowest BCUT2D eigenvalue weighted by Crippen LogP contribution is -2.36. The summed E-state index contributed by atoms with van der Waals surface area (Å²) in [6.07, 6.45) is 2.84. The first-order chi connectivity index (χ1) is 10.8. The van der Waals surface area contributed by atoms with E-state index in [-0.39, 0.29) is 18.5 Å². The van der Waals surface area contributed by atoms with Gasteiger partial charge in [-0.2, -0.15) is 0 Å². The van der Waals surface area contributed by atoms with Crippen LogP contribution in [0.5, 0.6) is 0 Å². The summed E-state index contributed by atoms with van der Waals surface area (Å²) < 4.78 is 10.4. The van der Waals surface area contributed by atoms with E-state index in [0.29, 0.717) is 26.0 Å². The zero-order chi connectivity index (χ0) is 17.0. The van der Waals surface area contributed by atoms with Crippen LogP contribution in [0.2, 0.25) is 0 Å². The number of hydrogen-bond donors (Lipinski definition) is 0. The Kier molecular flexibility index (Phi) is 5.23. The Bertz CT molecular complexity index is 593. The molecule has 1 aromatic rings. The zero-order valence-corrected chi connectivity index (χ0v) is 14.2. The Morgan fingerprint density at radius 2 is 2.09 bits per heavy atom. The number of aryl methyl sites for hydroxylation is 1. The number of fused-ring (bicyclic) bond motifs is 1. The van der Waals surface area contributed by atoms with Gasteiger partial charge in [0, 0.05) is 25.6 Å². The maximum Gasteiger partial charge on any atom is 0.414 e. The van der Waals surface area contributed by atoms with Crippen molar-refractivity contribution in [2.45, 2.75) is 52.6 Å². The molecule has 0 spiro atoms. The molecule has 0 aliphatic carbocycles. The fraction of sp³-hybridized carbons (Fsp3) is 0.588. The first kappa shape index (κ1) is 17.2. The number of rotatable bonds is 4. The van der Waals surface area contributed by atoms with Crippen LogP contribution in [-0.2, 0) is 27.1 Å². The smallest absolute Gasteiger partial charge is 0.414 e. The maximum absolute atomic E-state index is 12.4. The van der Waals surface area contributed by atoms with E-state index in [1.54, 1.807) is 18.0 Å². The number of hydrogen-bond acceptors (Lipinski definition) is 5. The molecule has 0 bridgehead atoms. The summed E-state index contributed by atoms with van der Waals surface area (Å²) in [5.74, 6) is -0.236. The van der Waals surface area contributed by atoms with Crippen LogP contribution >= 0.6 is 0 Å². The van der Waals surface area contributed by atoms with Gasteiger partial charge in [0.2, 0.25) is 0 Å². The highest BCUT2D eigenvalue weighted by Crippen LogP contribution is 2.32. The van der Waals surface area contributed by atoms with Crippen LogP contribution in [-0.4, -0.2) is 35.8 Å². The largest absolute Gasteiger partial charge is 0.466 e. The van der Waals surface area contributed by atoms with E-state index in [4.69, 9.17) is 9.47 Å². The molecular weight excluding hydrogens is 296 g/mol. The molecule has 6 heteroatoms. The molecule has 0 N–H and O–H groups in total. The number of esters is 1. The second-order valence-electron chi connectivity index (χ2n) is 6.45. The highest BCUT2D eigenvalue weighted by Gasteiger charge is 2.31. The summed E-state index contributed by atoms with van der Waals surface area (Å²) in [6, 6.07) is 1.85. The molecule has 6 nitrogen and oxygen atoms in total. The number of carbonyl (C=O) groups is 2. The molecule has 2 rings (SSSR count). The number of amides is 1. The van der Waals surface area contributed by atoms with Crippen LogP contribution in [0.15, 0.2) is 12.3 Å². The third-order valence-corrected chi connectivity index (χ3v) is 3.44. The highest BCUT2D eigenvalue weighted by molar-refractivity contribution is 5.91. The van der Waals surface area contributed by atoms with Gasteiger partial charge in [0.15, 0.2) is 0 Å². The van der Waals surface area contributed by atoms with Crippen molar-refractivity contribution < 1.29 is 19.1 Å². The minimum absolute atomic E-state index is 0.236. The van der Waals surface area contributed by atoms with Crippen molar-refractivity contribution in [3.63, 3.8) is 0 Å². The summed E-state index contributed by atoms with van der Waals surface area (Å²) in [5.41, 5.74) is 2.03. The molecule has 126 valence electrons. The molecule has 0 atom stereocenters. The summed E-state index contributed by atoms with van der Waals surface area (Å²) >= 11 is 0. The SMILES string of the molecule is CCOC(=O)CCc1ccnc2c1N(C(=O)OC(C)(C)C)CC2. The summed E-state index contributed by atoms with van der Waals surface area (Å²) in [5, 5.41) is 0. The number of anilines is 1. The molecule has 0 saturated carbocycles. The molecule has 2 heterocycles. The Hall–Kier alpha value is -2.11. The van der Waals surface area contributed by atoms with Crippen LogP contribution < -0.4 is 4.90 Å². The van der Waals surface area contributed by atoms with Gasteiger partial charge in [0.1, 0.15) is 5.60 Å². The van der Waals surface area contributed by atoms with Crippen molar-refractivity contribution in [2.75, 3.05) is 18.1 Å². The first-order valence-corrected chi connectivity index (χ1v) is 7.94. The topological polar surface area (TPSA) is 68.7 Å². The lowest BCUT2D eigenvalue weighted by molar-refractivity contribution is -0.143. The molecule has 0 unspecified atom stereocenters. The second-order valence-corrected chi connectivity index (χ2v) is 6.45. The molecule has 0 aromatic carbocycles. The molecule has 1 aliphatic rings. The van der Waals surface area contributed by atoms with Crippen LogP contribution in [0.25, 0.3) is 0 Å². The summed E-state index contributed by atoms with van der Waals surface area (Å²) in [7, 11) is 0. The number of aromatic nitrogens is 1. The highest BCUT2D eigenvalue weighted by atomic mass is 16.6. The van der Waals surface area contributed by atoms with Crippen molar-refractivity contribution in [2.24, 2.45) is 0 Å². The van der Waals surface area contributed by atoms with Crippen molar-refractivity contribution >= 4 is 17.7 Å². The fourth-order valence-corrected chi connectivity index (χ4v) is 2.56. The molecule has 1 aromatic heterocycles. The lowest BCUT2D eigenvalue weighted by Gasteiger charge is -2.25. The van der Waals surface area contributed by atoms with Gasteiger partial charge in [-0.25, -0.2) is 4.79 Å². The second kappa shape index (κ2) is 6.98. The van der Waals surface area contributed by atoms with Gasteiger partial charge in [-0.1, -0.05) is 0 Å². The molecule has 0 saturated heterocycles. The molecular formula is C17H24N2O4. The summed E-state index contributed by atoms with van der Waals surface area (Å²) in [4.78, 5) is 29.9. The third kappa shape index (κ3) is 4.43. The third-order valence-electron chi connectivity index (χ3n) is 3.44. The average molecular weight is 320 g/mol. The van der Waals surface area contributed by atoms with Gasteiger partial charge in [0.05, 0.1) is 18.0 Å².